The van der Waals surface area contributed by atoms with Crippen LogP contribution in [0.1, 0.15) is 11.1 Å². The molecule has 5 aromatic rings. The van der Waals surface area contributed by atoms with E-state index in [9.17, 15) is 13.2 Å². The van der Waals surface area contributed by atoms with Crippen LogP contribution in [-0.4, -0.2) is 27.0 Å². The molecule has 0 aliphatic heterocycles. The van der Waals surface area contributed by atoms with Gasteiger partial charge in [0.2, 0.25) is 0 Å². The molecule has 0 atom stereocenters. The lowest BCUT2D eigenvalue weighted by molar-refractivity contribution is -0.138. The minimum atomic E-state index is -4.55. The Morgan fingerprint density at radius 1 is 0.811 bits per heavy atom. The molecule has 2 N–H and O–H groups in total. The van der Waals surface area contributed by atoms with E-state index in [-0.39, 0.29) is 11.4 Å². The largest absolute Gasteiger partial charge is 0.496 e. The van der Waals surface area contributed by atoms with E-state index in [4.69, 9.17) is 4.74 Å². The first-order chi connectivity index (χ1) is 17.8. The van der Waals surface area contributed by atoms with Crippen LogP contribution in [0.4, 0.5) is 36.2 Å². The van der Waals surface area contributed by atoms with Crippen LogP contribution in [0.3, 0.4) is 0 Å². The SMILES string of the molecule is COc1ccc(Nc2c(C)ccc3c(Nc4ncccc4-c4ccncn4)nccc23)cc1C(F)(F)F. The first-order valence-electron chi connectivity index (χ1n) is 11.2. The fourth-order valence-electron chi connectivity index (χ4n) is 4.05. The Kier molecular flexibility index (Phi) is 6.31. The second-order valence-electron chi connectivity index (χ2n) is 8.17. The second kappa shape index (κ2) is 9.73. The average Bonchev–Trinajstić information content (AvgIpc) is 2.90. The van der Waals surface area contributed by atoms with Crippen molar-refractivity contribution in [3.8, 4) is 17.0 Å². The van der Waals surface area contributed by atoms with Crippen LogP contribution in [0.5, 0.6) is 5.75 Å². The number of nitrogens with zero attached hydrogens (tertiary/aromatic N) is 4. The molecule has 5 rings (SSSR count). The summed E-state index contributed by atoms with van der Waals surface area (Å²) in [5.41, 5.74) is 2.42. The summed E-state index contributed by atoms with van der Waals surface area (Å²) in [5, 5.41) is 8.00. The highest BCUT2D eigenvalue weighted by Gasteiger charge is 2.34. The first-order valence-corrected chi connectivity index (χ1v) is 11.2. The molecule has 37 heavy (non-hydrogen) atoms. The number of nitrogens with one attached hydrogen (secondary N) is 2. The van der Waals surface area contributed by atoms with Crippen molar-refractivity contribution in [3.05, 3.63) is 90.6 Å². The third-order valence-electron chi connectivity index (χ3n) is 5.83. The van der Waals surface area contributed by atoms with Crippen LogP contribution in [0.25, 0.3) is 22.0 Å². The van der Waals surface area contributed by atoms with Crippen molar-refractivity contribution in [2.45, 2.75) is 13.1 Å². The van der Waals surface area contributed by atoms with E-state index >= 15 is 0 Å². The highest BCUT2D eigenvalue weighted by atomic mass is 19.4. The predicted octanol–water partition coefficient (Wildman–Crippen LogP) is 6.91. The number of alkyl halides is 3. The molecule has 3 heterocycles. The van der Waals surface area contributed by atoms with Crippen LogP contribution in [0.15, 0.2) is 79.5 Å². The summed E-state index contributed by atoms with van der Waals surface area (Å²) in [4.78, 5) is 17.3. The van der Waals surface area contributed by atoms with E-state index in [1.807, 2.05) is 37.3 Å². The standard InChI is InChI=1S/C27H21F3N6O/c1-16-5-7-19-18(24(16)35-17-6-8-23(37-2)21(14-17)27(28,29)30)9-13-33-25(19)36-26-20(4-3-11-32-26)22-10-12-31-15-34-22/h3-15,35H,1-2H3,(H,32,33,36). The lowest BCUT2D eigenvalue weighted by Crippen LogP contribution is -2.08. The van der Waals surface area contributed by atoms with Gasteiger partial charge in [0, 0.05) is 46.3 Å². The number of rotatable bonds is 6. The molecule has 7 nitrogen and oxygen atoms in total. The van der Waals surface area contributed by atoms with Gasteiger partial charge in [0.1, 0.15) is 23.7 Å². The summed E-state index contributed by atoms with van der Waals surface area (Å²) in [6.07, 6.45) is 1.86. The molecule has 10 heteroatoms. The van der Waals surface area contributed by atoms with Crippen molar-refractivity contribution in [3.63, 3.8) is 0 Å². The Balaban J connectivity index is 1.55. The third kappa shape index (κ3) is 4.86. The Morgan fingerprint density at radius 3 is 2.41 bits per heavy atom. The molecule has 2 aromatic carbocycles. The molecule has 0 amide bonds. The van der Waals surface area contributed by atoms with E-state index in [2.05, 4.69) is 30.6 Å². The Morgan fingerprint density at radius 2 is 1.65 bits per heavy atom. The number of methoxy groups -OCH3 is 1. The summed E-state index contributed by atoms with van der Waals surface area (Å²) < 4.78 is 45.6. The maximum Gasteiger partial charge on any atom is 0.420 e. The van der Waals surface area contributed by atoms with Gasteiger partial charge in [-0.05, 0) is 55.0 Å². The van der Waals surface area contributed by atoms with E-state index in [1.54, 1.807) is 30.7 Å². The van der Waals surface area contributed by atoms with Gasteiger partial charge in [0.25, 0.3) is 0 Å². The van der Waals surface area contributed by atoms with Gasteiger partial charge in [-0.3, -0.25) is 0 Å². The topological polar surface area (TPSA) is 84.9 Å². The zero-order chi connectivity index (χ0) is 26.0. The fourth-order valence-corrected chi connectivity index (χ4v) is 4.05. The molecular weight excluding hydrogens is 481 g/mol. The normalized spacial score (nSPS) is 11.4. The maximum absolute atomic E-state index is 13.6. The molecule has 0 aliphatic carbocycles. The van der Waals surface area contributed by atoms with Crippen molar-refractivity contribution >= 4 is 33.8 Å². The van der Waals surface area contributed by atoms with Crippen LogP contribution in [0, 0.1) is 6.92 Å². The number of hydrogen-bond acceptors (Lipinski definition) is 7. The van der Waals surface area contributed by atoms with Gasteiger partial charge in [-0.2, -0.15) is 13.2 Å². The molecule has 0 fully saturated rings. The minimum Gasteiger partial charge on any atom is -0.496 e. The van der Waals surface area contributed by atoms with Crippen LogP contribution < -0.4 is 15.4 Å². The summed E-state index contributed by atoms with van der Waals surface area (Å²) in [6.45, 7) is 1.88. The lowest BCUT2D eigenvalue weighted by Gasteiger charge is -2.18. The molecule has 0 unspecified atom stereocenters. The zero-order valence-corrected chi connectivity index (χ0v) is 19.8. The summed E-state index contributed by atoms with van der Waals surface area (Å²) in [6, 6.07) is 15.0. The van der Waals surface area contributed by atoms with Crippen LogP contribution >= 0.6 is 0 Å². The molecule has 0 spiro atoms. The molecule has 0 radical (unpaired) electrons. The highest BCUT2D eigenvalue weighted by Crippen LogP contribution is 2.40. The Bertz CT molecular complexity index is 1570. The second-order valence-corrected chi connectivity index (χ2v) is 8.17. The van der Waals surface area contributed by atoms with Gasteiger partial charge in [0.05, 0.1) is 18.4 Å². The number of anilines is 4. The van der Waals surface area contributed by atoms with Gasteiger partial charge < -0.3 is 15.4 Å². The van der Waals surface area contributed by atoms with Gasteiger partial charge >= 0.3 is 6.18 Å². The summed E-state index contributed by atoms with van der Waals surface area (Å²) in [5.74, 6) is 0.861. The number of fused-ring (bicyclic) bond motifs is 1. The van der Waals surface area contributed by atoms with Gasteiger partial charge in [-0.1, -0.05) is 12.1 Å². The number of aromatic nitrogens is 4. The Labute approximate surface area is 210 Å². The van der Waals surface area contributed by atoms with Gasteiger partial charge in [-0.25, -0.2) is 19.9 Å². The van der Waals surface area contributed by atoms with Crippen molar-refractivity contribution < 1.29 is 17.9 Å². The van der Waals surface area contributed by atoms with Crippen molar-refractivity contribution in [1.29, 1.82) is 0 Å². The van der Waals surface area contributed by atoms with Crippen LogP contribution in [-0.2, 0) is 6.18 Å². The third-order valence-corrected chi connectivity index (χ3v) is 5.83. The Hall–Kier alpha value is -4.73. The number of halogens is 3. The quantitative estimate of drug-likeness (QED) is 0.261. The predicted molar refractivity (Wildman–Crippen MR) is 136 cm³/mol. The van der Waals surface area contributed by atoms with Gasteiger partial charge in [-0.15, -0.1) is 0 Å². The van der Waals surface area contributed by atoms with Crippen LogP contribution in [0.2, 0.25) is 0 Å². The molecule has 0 saturated carbocycles. The van der Waals surface area contributed by atoms with Crippen molar-refractivity contribution in [2.24, 2.45) is 0 Å². The van der Waals surface area contributed by atoms with Crippen molar-refractivity contribution in [1.82, 2.24) is 19.9 Å². The zero-order valence-electron chi connectivity index (χ0n) is 19.8. The summed E-state index contributed by atoms with van der Waals surface area (Å²) in [7, 11) is 1.21. The highest BCUT2D eigenvalue weighted by molar-refractivity contribution is 6.03. The summed E-state index contributed by atoms with van der Waals surface area (Å²) >= 11 is 0. The molecule has 0 saturated heterocycles. The number of ether oxygens (including phenoxy) is 1. The smallest absolute Gasteiger partial charge is 0.420 e. The fraction of sp³-hybridized carbons (Fsp3) is 0.111. The monoisotopic (exact) mass is 502 g/mol. The molecular formula is C27H21F3N6O. The van der Waals surface area contributed by atoms with E-state index < -0.39 is 11.7 Å². The van der Waals surface area contributed by atoms with Crippen molar-refractivity contribution in [2.75, 3.05) is 17.7 Å². The minimum absolute atomic E-state index is 0.238. The molecule has 0 bridgehead atoms. The molecule has 3 aromatic heterocycles. The number of benzene rings is 2. The van der Waals surface area contributed by atoms with E-state index in [0.717, 1.165) is 28.0 Å². The van der Waals surface area contributed by atoms with E-state index in [0.29, 0.717) is 23.0 Å². The average molecular weight is 503 g/mol. The number of hydrogen-bond donors (Lipinski definition) is 2. The van der Waals surface area contributed by atoms with Gasteiger partial charge in [0.15, 0.2) is 0 Å². The maximum atomic E-state index is 13.6. The molecule has 186 valence electrons. The number of pyridine rings is 2. The molecule has 0 aliphatic rings. The first kappa shape index (κ1) is 24.0. The lowest BCUT2D eigenvalue weighted by atomic mass is 10.0. The number of aryl methyl sites for hydroxylation is 1. The van der Waals surface area contributed by atoms with E-state index in [1.165, 1.54) is 19.5 Å².